The third kappa shape index (κ3) is 6.52. The summed E-state index contributed by atoms with van der Waals surface area (Å²) in [5.41, 5.74) is 5.51. The van der Waals surface area contributed by atoms with Gasteiger partial charge in [0.15, 0.2) is 5.72 Å². The molecule has 0 saturated heterocycles. The summed E-state index contributed by atoms with van der Waals surface area (Å²) in [6.07, 6.45) is 16.1. The molecule has 0 aromatic carbocycles. The number of esters is 2. The van der Waals surface area contributed by atoms with Crippen molar-refractivity contribution in [2.75, 3.05) is 14.2 Å². The van der Waals surface area contributed by atoms with Crippen LogP contribution in [0.25, 0.3) is 17.7 Å². The molecule has 0 fully saturated rings. The normalized spacial score (nSPS) is 23.4. The van der Waals surface area contributed by atoms with Crippen molar-refractivity contribution in [1.29, 1.82) is 0 Å². The van der Waals surface area contributed by atoms with E-state index in [2.05, 4.69) is 16.9 Å². The lowest BCUT2D eigenvalue weighted by molar-refractivity contribution is -0.141. The molecule has 2 unspecified atom stereocenters. The van der Waals surface area contributed by atoms with E-state index in [1.54, 1.807) is 18.2 Å². The summed E-state index contributed by atoms with van der Waals surface area (Å²) >= 11 is 0. The maximum absolute atomic E-state index is 12.5. The number of nitrogens with zero attached hydrogens (tertiary/aromatic N) is 2. The lowest BCUT2D eigenvalue weighted by Gasteiger charge is -2.29. The number of ether oxygens (including phenoxy) is 2. The molecule has 244 valence electrons. The van der Waals surface area contributed by atoms with E-state index in [0.717, 1.165) is 45.2 Å². The fourth-order valence-corrected chi connectivity index (χ4v) is 6.33. The van der Waals surface area contributed by atoms with Crippen LogP contribution in [-0.4, -0.2) is 65.2 Å². The number of fused-ring (bicyclic) bond motifs is 6. The number of aromatic amines is 1. The Morgan fingerprint density at radius 3 is 2.40 bits per heavy atom. The highest BCUT2D eigenvalue weighted by molar-refractivity contribution is 6.24. The van der Waals surface area contributed by atoms with Crippen molar-refractivity contribution in [2.45, 2.75) is 64.6 Å². The molecule has 8 bridgehead atoms. The predicted octanol–water partition coefficient (Wildman–Crippen LogP) is 3.49. The molecule has 10 heteroatoms. The summed E-state index contributed by atoms with van der Waals surface area (Å²) in [7, 11) is 2.68. The van der Waals surface area contributed by atoms with Crippen LogP contribution in [-0.2, 0) is 23.9 Å². The molecule has 2 atom stereocenters. The summed E-state index contributed by atoms with van der Waals surface area (Å²) in [6, 6.07) is 0. The number of hydrogen-bond donors (Lipinski definition) is 3. The predicted molar refractivity (Wildman–Crippen MR) is 183 cm³/mol. The maximum atomic E-state index is 12.5. The van der Waals surface area contributed by atoms with Crippen LogP contribution in [0, 0.1) is 6.92 Å². The quantitative estimate of drug-likeness (QED) is 0.214. The number of rotatable bonds is 9. The van der Waals surface area contributed by atoms with Gasteiger partial charge in [-0.1, -0.05) is 18.2 Å². The molecule has 0 spiro atoms. The van der Waals surface area contributed by atoms with E-state index in [-0.39, 0.29) is 25.2 Å². The first-order valence-corrected chi connectivity index (χ1v) is 15.4. The molecule has 1 aromatic heterocycles. The van der Waals surface area contributed by atoms with Crippen LogP contribution in [0.3, 0.4) is 0 Å². The number of nitrogens with one attached hydrogen (secondary N) is 2. The third-order valence-electron chi connectivity index (χ3n) is 8.97. The Bertz CT molecular complexity index is 1960. The number of carbonyl (C=O) groups excluding carboxylic acids is 3. The molecule has 0 radical (unpaired) electrons. The summed E-state index contributed by atoms with van der Waals surface area (Å²) in [6.45, 7) is 11.7. The van der Waals surface area contributed by atoms with Gasteiger partial charge in [-0.15, -0.1) is 6.58 Å². The van der Waals surface area contributed by atoms with Gasteiger partial charge in [0.1, 0.15) is 6.29 Å². The lowest BCUT2D eigenvalue weighted by atomic mass is 9.96. The zero-order chi connectivity index (χ0) is 34.1. The van der Waals surface area contributed by atoms with E-state index in [1.807, 2.05) is 58.1 Å². The minimum Gasteiger partial charge on any atom is -0.469 e. The molecule has 10 nitrogen and oxygen atoms in total. The molecule has 4 aliphatic heterocycles. The van der Waals surface area contributed by atoms with E-state index >= 15 is 0 Å². The van der Waals surface area contributed by atoms with Crippen molar-refractivity contribution in [3.8, 4) is 0 Å². The fraction of sp³-hybridized carbons (Fsp3) is 0.324. The van der Waals surface area contributed by atoms with E-state index in [4.69, 9.17) is 19.5 Å². The zero-order valence-electron chi connectivity index (χ0n) is 27.6. The molecule has 0 saturated carbocycles. The largest absolute Gasteiger partial charge is 0.469 e. The summed E-state index contributed by atoms with van der Waals surface area (Å²) in [4.78, 5) is 49.6. The standard InChI is InChI=1S/C37H40N4O6/c1-8-36-18-22(3)37(45,41-36)20-32-23(4)27(11-12-33(43)46-6)29(40-32)17-30-35(25(10-9-13-42)15-34(44)47-7)24(5)28(39-30)16-26-14-21(2)31(19-36)38-26/h8,10,13-14,16-20,39,41,45H,1,9,11-12,15H2,2-7H3. The Hall–Kier alpha value is -4.93. The van der Waals surface area contributed by atoms with Crippen molar-refractivity contribution in [3.05, 3.63) is 98.5 Å². The van der Waals surface area contributed by atoms with Gasteiger partial charge < -0.3 is 24.4 Å². The topological polar surface area (TPSA) is 142 Å². The van der Waals surface area contributed by atoms with Crippen LogP contribution in [0.5, 0.6) is 0 Å². The Kier molecular flexibility index (Phi) is 9.29. The molecule has 47 heavy (non-hydrogen) atoms. The number of H-pyrrole nitrogens is 1. The van der Waals surface area contributed by atoms with Gasteiger partial charge in [-0.05, 0) is 97.9 Å². The van der Waals surface area contributed by atoms with E-state index in [9.17, 15) is 19.5 Å². The van der Waals surface area contributed by atoms with Crippen molar-refractivity contribution in [3.63, 3.8) is 0 Å². The SMILES string of the molecule is C=CC12C=C3N=C(C=C3C)C=c3[nH]c(c(C(=CCC=O)CC(=O)OC)c3C)=CC3=NC(=CC(O)(N1)C(C)=C2)C(C)=C3CCC(=O)OC. The van der Waals surface area contributed by atoms with Crippen molar-refractivity contribution >= 4 is 47.4 Å². The molecule has 0 aliphatic carbocycles. The van der Waals surface area contributed by atoms with Gasteiger partial charge in [-0.2, -0.15) is 0 Å². The van der Waals surface area contributed by atoms with Crippen molar-refractivity contribution in [1.82, 2.24) is 10.3 Å². The molecule has 5 heterocycles. The lowest BCUT2D eigenvalue weighted by Crippen LogP contribution is -2.50. The average molecular weight is 637 g/mol. The van der Waals surface area contributed by atoms with Gasteiger partial charge in [0, 0.05) is 29.1 Å². The monoisotopic (exact) mass is 636 g/mol. The van der Waals surface area contributed by atoms with Crippen LogP contribution in [0.2, 0.25) is 0 Å². The Balaban J connectivity index is 1.85. The number of aliphatic imine (C=N–C) groups is 2. The van der Waals surface area contributed by atoms with Crippen LogP contribution in [0.4, 0.5) is 0 Å². The van der Waals surface area contributed by atoms with E-state index in [0.29, 0.717) is 40.0 Å². The summed E-state index contributed by atoms with van der Waals surface area (Å²) < 4.78 is 9.92. The van der Waals surface area contributed by atoms with Gasteiger partial charge >= 0.3 is 11.9 Å². The molecular weight excluding hydrogens is 596 g/mol. The molecule has 4 aliphatic rings. The second kappa shape index (κ2) is 13.1. The molecule has 3 N–H and O–H groups in total. The van der Waals surface area contributed by atoms with Crippen LogP contribution in [0.15, 0.2) is 86.7 Å². The Morgan fingerprint density at radius 2 is 1.72 bits per heavy atom. The third-order valence-corrected chi connectivity index (χ3v) is 8.97. The highest BCUT2D eigenvalue weighted by atomic mass is 16.5. The number of carbonyl (C=O) groups is 3. The number of allylic oxidation sites excluding steroid dienone is 5. The number of methoxy groups -OCH3 is 2. The van der Waals surface area contributed by atoms with Gasteiger partial charge in [0.2, 0.25) is 0 Å². The van der Waals surface area contributed by atoms with Gasteiger partial charge in [0.05, 0.1) is 49.0 Å². The second-order valence-corrected chi connectivity index (χ2v) is 12.1. The molecule has 5 rings (SSSR count). The maximum Gasteiger partial charge on any atom is 0.309 e. The average Bonchev–Trinajstić information content (AvgIpc) is 3.70. The van der Waals surface area contributed by atoms with Crippen LogP contribution < -0.4 is 16.0 Å². The Labute approximate surface area is 273 Å². The van der Waals surface area contributed by atoms with Crippen LogP contribution >= 0.6 is 0 Å². The molecule has 1 aromatic rings. The first-order valence-electron chi connectivity index (χ1n) is 15.4. The number of aldehydes is 1. The van der Waals surface area contributed by atoms with Crippen molar-refractivity contribution in [2.24, 2.45) is 9.98 Å². The highest BCUT2D eigenvalue weighted by Gasteiger charge is 2.43. The van der Waals surface area contributed by atoms with Gasteiger partial charge in [0.25, 0.3) is 0 Å². The van der Waals surface area contributed by atoms with E-state index in [1.165, 1.54) is 14.2 Å². The summed E-state index contributed by atoms with van der Waals surface area (Å²) in [5.74, 6) is -0.803. The van der Waals surface area contributed by atoms with Gasteiger partial charge in [-0.3, -0.25) is 14.9 Å². The second-order valence-electron chi connectivity index (χ2n) is 12.1. The zero-order valence-corrected chi connectivity index (χ0v) is 27.6. The number of hydrogen-bond acceptors (Lipinski definition) is 9. The first-order chi connectivity index (χ1) is 22.4. The van der Waals surface area contributed by atoms with Crippen molar-refractivity contribution < 1.29 is 29.0 Å². The number of aromatic nitrogens is 1. The highest BCUT2D eigenvalue weighted by Crippen LogP contribution is 2.38. The molecule has 0 amide bonds. The van der Waals surface area contributed by atoms with E-state index < -0.39 is 17.2 Å². The van der Waals surface area contributed by atoms with Crippen LogP contribution in [0.1, 0.15) is 57.6 Å². The minimum atomic E-state index is -1.56. The fourth-order valence-electron chi connectivity index (χ4n) is 6.33. The minimum absolute atomic E-state index is 0.0498. The summed E-state index contributed by atoms with van der Waals surface area (Å²) in [5, 5.41) is 16.7. The number of aliphatic hydroxyl groups is 1. The smallest absolute Gasteiger partial charge is 0.309 e. The Morgan fingerprint density at radius 1 is 0.979 bits per heavy atom. The molecular formula is C37H40N4O6. The first kappa shape index (κ1) is 33.4. The van der Waals surface area contributed by atoms with Gasteiger partial charge in [-0.25, -0.2) is 9.98 Å².